The van der Waals surface area contributed by atoms with E-state index >= 15 is 0 Å². The molecule has 1 N–H and O–H groups in total. The molecule has 0 aliphatic carbocycles. The molecule has 0 spiro atoms. The number of nitrogens with one attached hydrogen (secondary N) is 1. The number of esters is 1. The van der Waals surface area contributed by atoms with E-state index in [1.807, 2.05) is 0 Å². The molecule has 0 aliphatic rings. The molecule has 2 aromatic heterocycles. The minimum Gasteiger partial charge on any atom is -0.465 e. The Kier molecular flexibility index (Phi) is 5.65. The normalized spacial score (nSPS) is 10.5. The van der Waals surface area contributed by atoms with Crippen molar-refractivity contribution in [1.29, 1.82) is 0 Å². The monoisotopic (exact) mass is 391 g/mol. The highest BCUT2D eigenvalue weighted by Crippen LogP contribution is 2.23. The van der Waals surface area contributed by atoms with Crippen LogP contribution in [0.4, 0.5) is 5.00 Å². The second kappa shape index (κ2) is 8.11. The van der Waals surface area contributed by atoms with Crippen molar-refractivity contribution in [3.63, 3.8) is 0 Å². The SMILES string of the molecule is COC(=O)c1ccc(NC(=O)CCc2nc(-c3ccc(Cl)cc3)no2)s1. The fourth-order valence-electron chi connectivity index (χ4n) is 2.11. The first-order chi connectivity index (χ1) is 12.5. The largest absolute Gasteiger partial charge is 0.465 e. The zero-order chi connectivity index (χ0) is 18.5. The summed E-state index contributed by atoms with van der Waals surface area (Å²) in [6.07, 6.45) is 0.482. The summed E-state index contributed by atoms with van der Waals surface area (Å²) in [5.74, 6) is 0.162. The van der Waals surface area contributed by atoms with Crippen LogP contribution in [0.3, 0.4) is 0 Å². The molecule has 1 aromatic carbocycles. The van der Waals surface area contributed by atoms with Crippen molar-refractivity contribution in [2.45, 2.75) is 12.8 Å². The van der Waals surface area contributed by atoms with Crippen molar-refractivity contribution < 1.29 is 18.8 Å². The number of rotatable bonds is 6. The number of nitrogens with zero attached hydrogens (tertiary/aromatic N) is 2. The molecule has 0 saturated carbocycles. The van der Waals surface area contributed by atoms with Gasteiger partial charge >= 0.3 is 5.97 Å². The van der Waals surface area contributed by atoms with Crippen LogP contribution in [0.25, 0.3) is 11.4 Å². The Morgan fingerprint density at radius 3 is 2.73 bits per heavy atom. The maximum Gasteiger partial charge on any atom is 0.348 e. The van der Waals surface area contributed by atoms with Gasteiger partial charge in [-0.15, -0.1) is 11.3 Å². The second-order valence-corrected chi connectivity index (χ2v) is 6.74. The summed E-state index contributed by atoms with van der Waals surface area (Å²) in [6, 6.07) is 10.3. The Bertz CT molecular complexity index is 920. The van der Waals surface area contributed by atoms with Crippen LogP contribution in [-0.2, 0) is 16.0 Å². The first-order valence-corrected chi connectivity index (χ1v) is 8.81. The Labute approximate surface area is 157 Å². The lowest BCUT2D eigenvalue weighted by Crippen LogP contribution is -2.11. The maximum absolute atomic E-state index is 12.0. The van der Waals surface area contributed by atoms with Crippen molar-refractivity contribution in [3.8, 4) is 11.4 Å². The number of carbonyl (C=O) groups excluding carboxylic acids is 2. The quantitative estimate of drug-likeness (QED) is 0.642. The van der Waals surface area contributed by atoms with Crippen molar-refractivity contribution >= 4 is 39.8 Å². The zero-order valence-corrected chi connectivity index (χ0v) is 15.3. The highest BCUT2D eigenvalue weighted by atomic mass is 35.5. The Morgan fingerprint density at radius 2 is 2.00 bits per heavy atom. The van der Waals surface area contributed by atoms with Crippen LogP contribution in [0.2, 0.25) is 5.02 Å². The van der Waals surface area contributed by atoms with Crippen LogP contribution in [0, 0.1) is 0 Å². The lowest BCUT2D eigenvalue weighted by atomic mass is 10.2. The van der Waals surface area contributed by atoms with Gasteiger partial charge in [0.25, 0.3) is 0 Å². The van der Waals surface area contributed by atoms with Crippen LogP contribution in [0.1, 0.15) is 22.0 Å². The molecule has 26 heavy (non-hydrogen) atoms. The first-order valence-electron chi connectivity index (χ1n) is 7.61. The fraction of sp³-hybridized carbons (Fsp3) is 0.176. The van der Waals surface area contributed by atoms with E-state index in [4.69, 9.17) is 16.1 Å². The Morgan fingerprint density at radius 1 is 1.23 bits per heavy atom. The van der Waals surface area contributed by atoms with Gasteiger partial charge in [0.2, 0.25) is 17.6 Å². The molecule has 0 radical (unpaired) electrons. The van der Waals surface area contributed by atoms with Crippen LogP contribution < -0.4 is 5.32 Å². The Hall–Kier alpha value is -2.71. The van der Waals surface area contributed by atoms with Crippen molar-refractivity contribution in [3.05, 3.63) is 52.2 Å². The van der Waals surface area contributed by atoms with Crippen LogP contribution in [-0.4, -0.2) is 29.1 Å². The maximum atomic E-state index is 12.0. The number of amides is 1. The van der Waals surface area contributed by atoms with Crippen LogP contribution in [0.5, 0.6) is 0 Å². The van der Waals surface area contributed by atoms with Crippen molar-refractivity contribution in [2.24, 2.45) is 0 Å². The summed E-state index contributed by atoms with van der Waals surface area (Å²) in [4.78, 5) is 28.1. The topological polar surface area (TPSA) is 94.3 Å². The number of aromatic nitrogens is 2. The zero-order valence-electron chi connectivity index (χ0n) is 13.7. The summed E-state index contributed by atoms with van der Waals surface area (Å²) < 4.78 is 9.80. The number of benzene rings is 1. The van der Waals surface area contributed by atoms with Gasteiger partial charge in [-0.25, -0.2) is 4.79 Å². The summed E-state index contributed by atoms with van der Waals surface area (Å²) in [5.41, 5.74) is 0.780. The summed E-state index contributed by atoms with van der Waals surface area (Å²) >= 11 is 7.00. The third kappa shape index (κ3) is 4.47. The molecule has 134 valence electrons. The third-order valence-electron chi connectivity index (χ3n) is 3.39. The van der Waals surface area contributed by atoms with Gasteiger partial charge in [-0.2, -0.15) is 4.98 Å². The second-order valence-electron chi connectivity index (χ2n) is 5.22. The average Bonchev–Trinajstić information content (AvgIpc) is 3.29. The molecule has 0 bridgehead atoms. The van der Waals surface area contributed by atoms with E-state index in [1.54, 1.807) is 36.4 Å². The van der Waals surface area contributed by atoms with E-state index in [0.717, 1.165) is 16.9 Å². The Balaban J connectivity index is 1.54. The number of hydrogen-bond acceptors (Lipinski definition) is 7. The number of halogens is 1. The predicted octanol–water partition coefficient (Wildman–Crippen LogP) is 3.81. The van der Waals surface area contributed by atoms with E-state index in [9.17, 15) is 9.59 Å². The fourth-order valence-corrected chi connectivity index (χ4v) is 3.07. The first kappa shape index (κ1) is 18.1. The third-order valence-corrected chi connectivity index (χ3v) is 4.62. The highest BCUT2D eigenvalue weighted by Gasteiger charge is 2.13. The van der Waals surface area contributed by atoms with Gasteiger partial charge in [-0.05, 0) is 36.4 Å². The molecule has 0 aliphatic heterocycles. The van der Waals surface area contributed by atoms with Gasteiger partial charge in [-0.1, -0.05) is 16.8 Å². The van der Waals surface area contributed by atoms with E-state index in [2.05, 4.69) is 20.2 Å². The number of aryl methyl sites for hydroxylation is 1. The average molecular weight is 392 g/mol. The van der Waals surface area contributed by atoms with Gasteiger partial charge in [0.05, 0.1) is 12.1 Å². The van der Waals surface area contributed by atoms with E-state index in [1.165, 1.54) is 7.11 Å². The van der Waals surface area contributed by atoms with Crippen molar-refractivity contribution in [2.75, 3.05) is 12.4 Å². The molecule has 3 rings (SSSR count). The molecule has 1 amide bonds. The van der Waals surface area contributed by atoms with E-state index in [0.29, 0.717) is 33.0 Å². The van der Waals surface area contributed by atoms with Gasteiger partial charge < -0.3 is 14.6 Å². The molecule has 0 unspecified atom stereocenters. The molecular formula is C17H14ClN3O4S. The highest BCUT2D eigenvalue weighted by molar-refractivity contribution is 7.18. The van der Waals surface area contributed by atoms with Crippen molar-refractivity contribution in [1.82, 2.24) is 10.1 Å². The molecule has 7 nitrogen and oxygen atoms in total. The van der Waals surface area contributed by atoms with E-state index in [-0.39, 0.29) is 12.3 Å². The predicted molar refractivity (Wildman–Crippen MR) is 97.4 cm³/mol. The minimum atomic E-state index is -0.434. The van der Waals surface area contributed by atoms with Crippen LogP contribution in [0.15, 0.2) is 40.9 Å². The summed E-state index contributed by atoms with van der Waals surface area (Å²) in [7, 11) is 1.31. The standard InChI is InChI=1S/C17H14ClN3O4S/c1-24-17(23)12-6-9-15(26-12)19-13(22)7-8-14-20-16(21-25-14)10-2-4-11(18)5-3-10/h2-6,9H,7-8H2,1H3,(H,19,22). The molecule has 2 heterocycles. The molecule has 9 heteroatoms. The number of hydrogen-bond donors (Lipinski definition) is 1. The lowest BCUT2D eigenvalue weighted by molar-refractivity contribution is -0.116. The van der Waals surface area contributed by atoms with Crippen LogP contribution >= 0.6 is 22.9 Å². The van der Waals surface area contributed by atoms with Gasteiger partial charge in [0.1, 0.15) is 4.88 Å². The number of methoxy groups -OCH3 is 1. The van der Waals surface area contributed by atoms with Gasteiger partial charge in [0.15, 0.2) is 0 Å². The summed E-state index contributed by atoms with van der Waals surface area (Å²) in [6.45, 7) is 0. The minimum absolute atomic E-state index is 0.174. The molecule has 3 aromatic rings. The summed E-state index contributed by atoms with van der Waals surface area (Å²) in [5, 5.41) is 7.82. The molecular weight excluding hydrogens is 378 g/mol. The van der Waals surface area contributed by atoms with E-state index < -0.39 is 5.97 Å². The lowest BCUT2D eigenvalue weighted by Gasteiger charge is -2.00. The van der Waals surface area contributed by atoms with Gasteiger partial charge in [-0.3, -0.25) is 4.79 Å². The number of carbonyl (C=O) groups is 2. The molecule has 0 saturated heterocycles. The number of thiophene rings is 1. The molecule has 0 fully saturated rings. The number of anilines is 1. The number of ether oxygens (including phenoxy) is 1. The smallest absolute Gasteiger partial charge is 0.348 e. The van der Waals surface area contributed by atoms with Gasteiger partial charge in [0, 0.05) is 23.4 Å². The molecule has 0 atom stereocenters.